The molecule has 5 rings (SSSR count). The Balaban J connectivity index is 1.02. The summed E-state index contributed by atoms with van der Waals surface area (Å²) in [5.41, 5.74) is 2.75. The second-order valence-electron chi connectivity index (χ2n) is 23.1. The molecule has 13 heteroatoms. The highest BCUT2D eigenvalue weighted by atomic mass is 16.6. The van der Waals surface area contributed by atoms with Crippen molar-refractivity contribution in [2.24, 2.45) is 0 Å². The molecule has 470 valence electrons. The summed E-state index contributed by atoms with van der Waals surface area (Å²) in [5.74, 6) is -1.67. The van der Waals surface area contributed by atoms with E-state index in [0.717, 1.165) is 49.7 Å². The van der Waals surface area contributed by atoms with Gasteiger partial charge in [-0.25, -0.2) is 9.59 Å². The maximum absolute atomic E-state index is 13.4. The summed E-state index contributed by atoms with van der Waals surface area (Å²) >= 11 is 0. The molecule has 0 aliphatic heterocycles. The summed E-state index contributed by atoms with van der Waals surface area (Å²) in [6, 6.07) is 27.2. The first kappa shape index (κ1) is 70.4. The van der Waals surface area contributed by atoms with Gasteiger partial charge < -0.3 is 18.9 Å². The maximum Gasteiger partial charge on any atom is 0.343 e. The average Bonchev–Trinajstić information content (AvgIpc) is 3.49. The Kier molecular flexibility index (Phi) is 34.3. The first-order valence-corrected chi connectivity index (χ1v) is 32.9. The number of hydrogen-bond acceptors (Lipinski definition) is 11. The molecule has 87 heavy (non-hydrogen) atoms. The highest BCUT2D eigenvalue weighted by molar-refractivity contribution is 6.03. The summed E-state index contributed by atoms with van der Waals surface area (Å²) in [4.78, 5) is 62.9. The molecule has 0 aliphatic rings. The Hall–Kier alpha value is -7.41. The monoisotopic (exact) mass is 1190 g/mol. The van der Waals surface area contributed by atoms with E-state index in [4.69, 9.17) is 18.9 Å². The number of carbonyl (C=O) groups excluding carboxylic acids is 3. The number of ether oxygens (including phenoxy) is 4. The number of unbranched alkanes of at least 4 members (excludes halogenated alkanes) is 30. The Morgan fingerprint density at radius 3 is 0.931 bits per heavy atom. The van der Waals surface area contributed by atoms with Crippen molar-refractivity contribution >= 4 is 53.4 Å². The van der Waals surface area contributed by atoms with Crippen LogP contribution in [-0.2, 0) is 0 Å². The lowest BCUT2D eigenvalue weighted by molar-refractivity contribution is -0.386. The van der Waals surface area contributed by atoms with E-state index in [2.05, 4.69) is 13.8 Å². The lowest BCUT2D eigenvalue weighted by Gasteiger charge is -2.13. The predicted octanol–water partition coefficient (Wildman–Crippen LogP) is 21.8. The van der Waals surface area contributed by atoms with E-state index in [-0.39, 0.29) is 51.1 Å². The zero-order chi connectivity index (χ0) is 62.1. The van der Waals surface area contributed by atoms with Crippen LogP contribution in [-0.4, -0.2) is 40.8 Å². The van der Waals surface area contributed by atoms with Gasteiger partial charge in [-0.05, 0) is 90.6 Å². The van der Waals surface area contributed by atoms with Crippen LogP contribution in [0.15, 0.2) is 103 Å². The first-order valence-electron chi connectivity index (χ1n) is 32.9. The van der Waals surface area contributed by atoms with Gasteiger partial charge in [0.1, 0.15) is 17.1 Å². The van der Waals surface area contributed by atoms with Crippen LogP contribution in [0, 0.1) is 20.2 Å². The standard InChI is InChI=1S/C74H98N2O11/c1-4-6-8-10-12-14-16-18-20-22-24-26-28-30-32-34-55-84-68-53-47-62(57-66(68)75(80)81)41-39-60-43-49-64(50-44-60)73(78)86-70-37-36-38-71(72(70)59(3)77)87-74(79)65-51-45-61(46-52-65)40-42-63-48-54-69(67(58-63)76(82)83)85-56-35-33-31-29-27-25-23-21-19-17-15-13-11-9-7-5-2/h36-54,57-58H,4-35,55-56H2,1-3H3/b41-39+,42-40+. The number of Topliss-reactive ketones (excluding diaryl/α,β-unsaturated/α-hetero) is 1. The van der Waals surface area contributed by atoms with Crippen molar-refractivity contribution in [2.45, 2.75) is 226 Å². The van der Waals surface area contributed by atoms with Gasteiger partial charge in [0.05, 0.1) is 34.2 Å². The molecule has 0 aromatic heterocycles. The van der Waals surface area contributed by atoms with Crippen molar-refractivity contribution < 1.29 is 43.2 Å². The van der Waals surface area contributed by atoms with E-state index in [1.54, 1.807) is 97.1 Å². The van der Waals surface area contributed by atoms with Crippen molar-refractivity contribution in [3.63, 3.8) is 0 Å². The maximum atomic E-state index is 13.4. The number of hydrogen-bond donors (Lipinski definition) is 0. The number of esters is 2. The summed E-state index contributed by atoms with van der Waals surface area (Å²) in [7, 11) is 0. The van der Waals surface area contributed by atoms with Gasteiger partial charge in [-0.3, -0.25) is 25.0 Å². The minimum Gasteiger partial charge on any atom is -0.487 e. The summed E-state index contributed by atoms with van der Waals surface area (Å²) in [6.45, 7) is 6.64. The van der Waals surface area contributed by atoms with Gasteiger partial charge in [-0.15, -0.1) is 0 Å². The Bertz CT molecular complexity index is 2710. The third-order valence-electron chi connectivity index (χ3n) is 15.8. The Morgan fingerprint density at radius 2 is 0.644 bits per heavy atom. The number of nitro benzene ring substituents is 2. The van der Waals surface area contributed by atoms with Gasteiger partial charge in [0.15, 0.2) is 17.3 Å². The molecule has 0 amide bonds. The molecule has 0 saturated heterocycles. The van der Waals surface area contributed by atoms with Crippen molar-refractivity contribution in [1.29, 1.82) is 0 Å². The van der Waals surface area contributed by atoms with Crippen LogP contribution in [0.2, 0.25) is 0 Å². The van der Waals surface area contributed by atoms with Crippen LogP contribution < -0.4 is 18.9 Å². The molecule has 0 atom stereocenters. The number of ketones is 1. The highest BCUT2D eigenvalue weighted by Gasteiger charge is 2.22. The fraction of sp³-hybridized carbons (Fsp3) is 0.500. The van der Waals surface area contributed by atoms with Crippen molar-refractivity contribution in [1.82, 2.24) is 0 Å². The van der Waals surface area contributed by atoms with E-state index in [1.807, 2.05) is 0 Å². The largest absolute Gasteiger partial charge is 0.487 e. The molecule has 0 bridgehead atoms. The fourth-order valence-electron chi connectivity index (χ4n) is 10.7. The van der Waals surface area contributed by atoms with Crippen LogP contribution in [0.3, 0.4) is 0 Å². The van der Waals surface area contributed by atoms with Crippen LogP contribution in [0.4, 0.5) is 11.4 Å². The molecular formula is C74H98N2O11. The van der Waals surface area contributed by atoms with Crippen LogP contribution in [0.5, 0.6) is 23.0 Å². The molecule has 0 saturated carbocycles. The van der Waals surface area contributed by atoms with Gasteiger partial charge in [0, 0.05) is 12.1 Å². The summed E-state index contributed by atoms with van der Waals surface area (Å²) < 4.78 is 23.1. The zero-order valence-electron chi connectivity index (χ0n) is 52.6. The van der Waals surface area contributed by atoms with Crippen LogP contribution in [0.25, 0.3) is 24.3 Å². The van der Waals surface area contributed by atoms with E-state index in [0.29, 0.717) is 24.3 Å². The lowest BCUT2D eigenvalue weighted by Crippen LogP contribution is -2.14. The smallest absolute Gasteiger partial charge is 0.343 e. The summed E-state index contributed by atoms with van der Waals surface area (Å²) in [6.07, 6.45) is 47.7. The van der Waals surface area contributed by atoms with E-state index < -0.39 is 27.6 Å². The third-order valence-corrected chi connectivity index (χ3v) is 15.8. The molecule has 0 aliphatic carbocycles. The number of rotatable bonds is 47. The fourth-order valence-corrected chi connectivity index (χ4v) is 10.7. The normalized spacial score (nSPS) is 11.3. The van der Waals surface area contributed by atoms with Gasteiger partial charge in [-0.1, -0.05) is 273 Å². The molecule has 5 aromatic rings. The molecule has 5 aromatic carbocycles. The first-order chi connectivity index (χ1) is 42.5. The third kappa shape index (κ3) is 27.9. The molecule has 0 spiro atoms. The topological polar surface area (TPSA) is 174 Å². The predicted molar refractivity (Wildman–Crippen MR) is 353 cm³/mol. The second-order valence-corrected chi connectivity index (χ2v) is 23.1. The van der Waals surface area contributed by atoms with E-state index in [1.165, 1.54) is 204 Å². The number of nitrogens with zero attached hydrogens (tertiary/aromatic N) is 2. The quantitative estimate of drug-likeness (QED) is 0.00689. The SMILES string of the molecule is CCCCCCCCCCCCCCCCCCOc1ccc(/C=C/c2ccc(C(=O)Oc3cccc(OC(=O)c4ccc(/C=C/c5ccc(OCCCCCCCCCCCCCCCCCC)c([N+](=O)[O-])c5)cc4)c3C(C)=O)cc2)cc1[N+](=O)[O-]. The van der Waals surface area contributed by atoms with Crippen molar-refractivity contribution in [3.8, 4) is 23.0 Å². The van der Waals surface area contributed by atoms with Crippen molar-refractivity contribution in [2.75, 3.05) is 13.2 Å². The van der Waals surface area contributed by atoms with E-state index in [9.17, 15) is 34.6 Å². The molecule has 0 radical (unpaired) electrons. The van der Waals surface area contributed by atoms with Gasteiger partial charge in [0.2, 0.25) is 0 Å². The number of nitro groups is 2. The Morgan fingerprint density at radius 1 is 0.368 bits per heavy atom. The molecule has 0 fully saturated rings. The summed E-state index contributed by atoms with van der Waals surface area (Å²) in [5, 5.41) is 24.0. The lowest BCUT2D eigenvalue weighted by atomic mass is 10.0. The zero-order valence-corrected chi connectivity index (χ0v) is 52.6. The van der Waals surface area contributed by atoms with Crippen molar-refractivity contribution in [3.05, 3.63) is 162 Å². The molecule has 13 nitrogen and oxygen atoms in total. The molecule has 0 heterocycles. The highest BCUT2D eigenvalue weighted by Crippen LogP contribution is 2.33. The van der Waals surface area contributed by atoms with Gasteiger partial charge in [-0.2, -0.15) is 0 Å². The average molecular weight is 1190 g/mol. The number of benzene rings is 5. The second kappa shape index (κ2) is 42.4. The van der Waals surface area contributed by atoms with Gasteiger partial charge in [0.25, 0.3) is 0 Å². The van der Waals surface area contributed by atoms with E-state index >= 15 is 0 Å². The minimum atomic E-state index is -0.745. The molecule has 0 unspecified atom stereocenters. The van der Waals surface area contributed by atoms with Crippen LogP contribution in [0.1, 0.15) is 280 Å². The Labute approximate surface area is 519 Å². The molecule has 0 N–H and O–H groups in total. The molecular weight excluding hydrogens is 1090 g/mol. The van der Waals surface area contributed by atoms with Crippen LogP contribution >= 0.6 is 0 Å². The number of carbonyl (C=O) groups is 3. The van der Waals surface area contributed by atoms with Gasteiger partial charge >= 0.3 is 23.3 Å². The minimum absolute atomic E-state index is 0.0865.